The minimum absolute atomic E-state index is 0.241. The van der Waals surface area contributed by atoms with Gasteiger partial charge in [-0.05, 0) is 49.2 Å². The van der Waals surface area contributed by atoms with Crippen molar-refractivity contribution in [3.8, 4) is 0 Å². The Labute approximate surface area is 173 Å². The van der Waals surface area contributed by atoms with Gasteiger partial charge in [0.1, 0.15) is 5.82 Å². The normalized spacial score (nSPS) is 16.0. The van der Waals surface area contributed by atoms with Gasteiger partial charge in [-0.15, -0.1) is 0 Å². The number of guanidine groups is 1. The fourth-order valence-electron chi connectivity index (χ4n) is 3.79. The van der Waals surface area contributed by atoms with Crippen LogP contribution in [-0.2, 0) is 17.9 Å². The Hall–Kier alpha value is -2.44. The zero-order chi connectivity index (χ0) is 20.5. The topological polar surface area (TPSA) is 48.9 Å². The van der Waals surface area contributed by atoms with Crippen molar-refractivity contribution in [2.45, 2.75) is 32.0 Å². The second-order valence-corrected chi connectivity index (χ2v) is 7.33. The Morgan fingerprint density at radius 1 is 1.14 bits per heavy atom. The Kier molecular flexibility index (Phi) is 8.02. The number of nitrogens with zero attached hydrogens (tertiary/aromatic N) is 2. The number of halogens is 1. The maximum absolute atomic E-state index is 13.8. The first kappa shape index (κ1) is 21.3. The molecule has 0 aromatic heterocycles. The van der Waals surface area contributed by atoms with Gasteiger partial charge in [-0.25, -0.2) is 4.39 Å². The highest BCUT2D eigenvalue weighted by atomic mass is 19.1. The molecule has 1 saturated heterocycles. The van der Waals surface area contributed by atoms with E-state index in [4.69, 9.17) is 4.74 Å². The zero-order valence-electron chi connectivity index (χ0n) is 17.3. The van der Waals surface area contributed by atoms with E-state index in [0.29, 0.717) is 18.2 Å². The third-order valence-electron chi connectivity index (χ3n) is 5.32. The largest absolute Gasteiger partial charge is 0.380 e. The van der Waals surface area contributed by atoms with Gasteiger partial charge in [-0.3, -0.25) is 9.89 Å². The van der Waals surface area contributed by atoms with Gasteiger partial charge in [0.2, 0.25) is 0 Å². The lowest BCUT2D eigenvalue weighted by Gasteiger charge is -2.29. The summed E-state index contributed by atoms with van der Waals surface area (Å²) in [6.45, 7) is 3.87. The third kappa shape index (κ3) is 6.02. The lowest BCUT2D eigenvalue weighted by molar-refractivity contribution is 0.181. The van der Waals surface area contributed by atoms with Crippen molar-refractivity contribution < 1.29 is 9.13 Å². The number of hydrogen-bond donors (Lipinski definition) is 2. The summed E-state index contributed by atoms with van der Waals surface area (Å²) in [7, 11) is 3.34. The molecule has 0 bridgehead atoms. The molecule has 0 radical (unpaired) electrons. The molecule has 1 unspecified atom stereocenters. The van der Waals surface area contributed by atoms with Crippen LogP contribution in [0.3, 0.4) is 0 Å². The smallest absolute Gasteiger partial charge is 0.191 e. The van der Waals surface area contributed by atoms with E-state index in [0.717, 1.165) is 31.2 Å². The lowest BCUT2D eigenvalue weighted by atomic mass is 10.1. The van der Waals surface area contributed by atoms with Crippen molar-refractivity contribution in [2.75, 3.05) is 33.8 Å². The van der Waals surface area contributed by atoms with Gasteiger partial charge < -0.3 is 15.4 Å². The molecule has 5 nitrogen and oxygen atoms in total. The van der Waals surface area contributed by atoms with E-state index in [9.17, 15) is 4.39 Å². The number of benzene rings is 2. The van der Waals surface area contributed by atoms with Crippen molar-refractivity contribution in [3.05, 3.63) is 71.0 Å². The number of nitrogens with one attached hydrogen (secondary N) is 2. The van der Waals surface area contributed by atoms with Crippen molar-refractivity contribution in [1.82, 2.24) is 15.5 Å². The number of ether oxygens (including phenoxy) is 1. The van der Waals surface area contributed by atoms with Crippen LogP contribution in [-0.4, -0.2) is 44.7 Å². The standard InChI is InChI=1S/C23H31FN4O/c1-25-23(26-15-18-10-11-21(24)20(14-18)17-29-2)27-16-22(28-12-6-7-13-28)19-8-4-3-5-9-19/h3-5,8-11,14,22H,6-7,12-13,15-17H2,1-2H3,(H2,25,26,27). The van der Waals surface area contributed by atoms with Gasteiger partial charge in [0, 0.05) is 32.8 Å². The zero-order valence-corrected chi connectivity index (χ0v) is 17.3. The summed E-state index contributed by atoms with van der Waals surface area (Å²) in [6, 6.07) is 16.0. The molecule has 2 aromatic rings. The van der Waals surface area contributed by atoms with Crippen LogP contribution in [0, 0.1) is 5.82 Å². The van der Waals surface area contributed by atoms with Crippen LogP contribution in [0.5, 0.6) is 0 Å². The van der Waals surface area contributed by atoms with Gasteiger partial charge in [0.25, 0.3) is 0 Å². The van der Waals surface area contributed by atoms with E-state index in [1.165, 1.54) is 24.5 Å². The number of methoxy groups -OCH3 is 1. The van der Waals surface area contributed by atoms with Crippen molar-refractivity contribution in [3.63, 3.8) is 0 Å². The monoisotopic (exact) mass is 398 g/mol. The maximum Gasteiger partial charge on any atom is 0.191 e. The molecule has 2 aromatic carbocycles. The molecule has 1 heterocycles. The molecule has 3 rings (SSSR count). The van der Waals surface area contributed by atoms with Gasteiger partial charge in [-0.2, -0.15) is 0 Å². The van der Waals surface area contributed by atoms with Crippen LogP contribution in [0.15, 0.2) is 53.5 Å². The first-order valence-electron chi connectivity index (χ1n) is 10.2. The van der Waals surface area contributed by atoms with Crippen molar-refractivity contribution in [2.24, 2.45) is 4.99 Å². The first-order chi connectivity index (χ1) is 14.2. The highest BCUT2D eigenvalue weighted by Gasteiger charge is 2.23. The fraction of sp³-hybridized carbons (Fsp3) is 0.435. The average Bonchev–Trinajstić information content (AvgIpc) is 3.28. The molecule has 1 fully saturated rings. The summed E-state index contributed by atoms with van der Waals surface area (Å²) in [4.78, 5) is 6.88. The minimum Gasteiger partial charge on any atom is -0.380 e. The summed E-state index contributed by atoms with van der Waals surface area (Å²) in [6.07, 6.45) is 2.51. The Bertz CT molecular complexity index is 791. The van der Waals surface area contributed by atoms with Crippen LogP contribution in [0.4, 0.5) is 4.39 Å². The molecule has 29 heavy (non-hydrogen) atoms. The second-order valence-electron chi connectivity index (χ2n) is 7.33. The average molecular weight is 399 g/mol. The van der Waals surface area contributed by atoms with Crippen molar-refractivity contribution in [1.29, 1.82) is 0 Å². The predicted molar refractivity (Wildman–Crippen MR) is 115 cm³/mol. The van der Waals surface area contributed by atoms with Gasteiger partial charge in [-0.1, -0.05) is 36.4 Å². The fourth-order valence-corrected chi connectivity index (χ4v) is 3.79. The molecular weight excluding hydrogens is 367 g/mol. The highest BCUT2D eigenvalue weighted by molar-refractivity contribution is 5.79. The number of likely N-dealkylation sites (tertiary alicyclic amines) is 1. The van der Waals surface area contributed by atoms with Crippen LogP contribution < -0.4 is 10.6 Å². The molecule has 1 aliphatic heterocycles. The van der Waals surface area contributed by atoms with Crippen LogP contribution in [0.1, 0.15) is 35.6 Å². The third-order valence-corrected chi connectivity index (χ3v) is 5.32. The van der Waals surface area contributed by atoms with E-state index in [-0.39, 0.29) is 12.4 Å². The van der Waals surface area contributed by atoms with E-state index >= 15 is 0 Å². The number of rotatable bonds is 8. The van der Waals surface area contributed by atoms with Crippen molar-refractivity contribution >= 4 is 5.96 Å². The molecule has 0 saturated carbocycles. The molecule has 1 atom stereocenters. The van der Waals surface area contributed by atoms with E-state index < -0.39 is 0 Å². The Morgan fingerprint density at radius 3 is 2.59 bits per heavy atom. The first-order valence-corrected chi connectivity index (χ1v) is 10.2. The summed E-state index contributed by atoms with van der Waals surface area (Å²) < 4.78 is 18.9. The quantitative estimate of drug-likeness (QED) is 0.528. The van der Waals surface area contributed by atoms with Gasteiger partial charge >= 0.3 is 0 Å². The summed E-state index contributed by atoms with van der Waals surface area (Å²) in [5.41, 5.74) is 2.87. The van der Waals surface area contributed by atoms with E-state index in [2.05, 4.69) is 50.9 Å². The number of hydrogen-bond acceptors (Lipinski definition) is 3. The molecule has 6 heteroatoms. The predicted octanol–water partition coefficient (Wildman–Crippen LogP) is 3.47. The van der Waals surface area contributed by atoms with Gasteiger partial charge in [0.15, 0.2) is 5.96 Å². The summed E-state index contributed by atoms with van der Waals surface area (Å²) >= 11 is 0. The van der Waals surface area contributed by atoms with E-state index in [1.54, 1.807) is 20.2 Å². The molecule has 1 aliphatic rings. The second kappa shape index (κ2) is 10.9. The molecule has 2 N–H and O–H groups in total. The molecule has 0 spiro atoms. The van der Waals surface area contributed by atoms with Gasteiger partial charge in [0.05, 0.1) is 12.6 Å². The molecule has 0 aliphatic carbocycles. The molecule has 0 amide bonds. The summed E-state index contributed by atoms with van der Waals surface area (Å²) in [5.74, 6) is 0.497. The van der Waals surface area contributed by atoms with Crippen LogP contribution in [0.2, 0.25) is 0 Å². The van der Waals surface area contributed by atoms with E-state index in [1.807, 2.05) is 6.07 Å². The van der Waals surface area contributed by atoms with Crippen LogP contribution >= 0.6 is 0 Å². The number of aliphatic imine (C=N–C) groups is 1. The van der Waals surface area contributed by atoms with Crippen LogP contribution in [0.25, 0.3) is 0 Å². The highest BCUT2D eigenvalue weighted by Crippen LogP contribution is 2.24. The molecular formula is C23H31FN4O. The Balaban J connectivity index is 1.59. The summed E-state index contributed by atoms with van der Waals surface area (Å²) in [5, 5.41) is 6.79. The maximum atomic E-state index is 13.8. The Morgan fingerprint density at radius 2 is 1.90 bits per heavy atom. The lowest BCUT2D eigenvalue weighted by Crippen LogP contribution is -2.42. The minimum atomic E-state index is -0.241. The SMILES string of the molecule is CN=C(NCc1ccc(F)c(COC)c1)NCC(c1ccccc1)N1CCCC1. The molecule has 156 valence electrons.